The summed E-state index contributed by atoms with van der Waals surface area (Å²) in [6, 6.07) is 0. The molecule has 4 aliphatic rings. The maximum atomic E-state index is 6.11. The monoisotopic (exact) mass is 219 g/mol. The summed E-state index contributed by atoms with van der Waals surface area (Å²) in [5.41, 5.74) is 13.9. The number of hydrogen-bond acceptors (Lipinski definition) is 1. The van der Waals surface area contributed by atoms with Crippen molar-refractivity contribution in [1.29, 1.82) is 0 Å². The normalized spacial score (nSPS) is 28.1. The molecule has 1 unspecified atom stereocenters. The highest BCUT2D eigenvalue weighted by molar-refractivity contribution is 5.68. The highest BCUT2D eigenvalue weighted by atomic mass is 14.6. The molecule has 0 radical (unpaired) electrons. The molecule has 0 heterocycles. The average Bonchev–Trinajstić information content (AvgIpc) is 2.38. The maximum Gasteiger partial charge on any atom is 0.0353 e. The number of hydrogen-bond donors (Lipinski definition) is 1. The minimum atomic E-state index is 0.423. The molecule has 0 spiro atoms. The first-order valence-corrected chi connectivity index (χ1v) is 6.02. The highest BCUT2D eigenvalue weighted by Crippen LogP contribution is 2.47. The van der Waals surface area contributed by atoms with Gasteiger partial charge in [0.25, 0.3) is 0 Å². The zero-order chi connectivity index (χ0) is 11.4. The van der Waals surface area contributed by atoms with Crippen molar-refractivity contribution in [3.05, 3.63) is 82.2 Å². The summed E-state index contributed by atoms with van der Waals surface area (Å²) >= 11 is 0. The second-order valence-corrected chi connectivity index (χ2v) is 4.84. The Kier molecular flexibility index (Phi) is 1.60. The highest BCUT2D eigenvalue weighted by Gasteiger charge is 2.33. The molecule has 4 rings (SSSR count). The van der Waals surface area contributed by atoms with E-state index in [-0.39, 0.29) is 0 Å². The molecule has 2 N–H and O–H groups in total. The molecule has 4 aliphatic carbocycles. The molecule has 1 atom stereocenters. The SMILES string of the molecule is NC1=CCC2=CC=C3C=CC=C4C=CC1=C2C43. The topological polar surface area (TPSA) is 26.0 Å². The first-order chi connectivity index (χ1) is 8.34. The summed E-state index contributed by atoms with van der Waals surface area (Å²) < 4.78 is 0. The van der Waals surface area contributed by atoms with Gasteiger partial charge < -0.3 is 5.73 Å². The van der Waals surface area contributed by atoms with Gasteiger partial charge in [-0.1, -0.05) is 48.6 Å². The van der Waals surface area contributed by atoms with Crippen LogP contribution in [0.4, 0.5) is 0 Å². The van der Waals surface area contributed by atoms with Gasteiger partial charge in [-0.3, -0.25) is 0 Å². The van der Waals surface area contributed by atoms with Gasteiger partial charge in [-0.15, -0.1) is 0 Å². The van der Waals surface area contributed by atoms with Crippen LogP contribution in [0.5, 0.6) is 0 Å². The van der Waals surface area contributed by atoms with Crippen LogP contribution in [0.3, 0.4) is 0 Å². The van der Waals surface area contributed by atoms with Crippen molar-refractivity contribution < 1.29 is 0 Å². The van der Waals surface area contributed by atoms with E-state index in [0.717, 1.165) is 12.1 Å². The number of nitrogens with two attached hydrogens (primary N) is 1. The molecule has 0 amide bonds. The van der Waals surface area contributed by atoms with Crippen molar-refractivity contribution >= 4 is 0 Å². The maximum absolute atomic E-state index is 6.11. The van der Waals surface area contributed by atoms with Gasteiger partial charge in [0.05, 0.1) is 0 Å². The molecule has 0 aromatic heterocycles. The molecule has 0 saturated carbocycles. The van der Waals surface area contributed by atoms with Crippen molar-refractivity contribution in [1.82, 2.24) is 0 Å². The van der Waals surface area contributed by atoms with Gasteiger partial charge in [0.1, 0.15) is 0 Å². The van der Waals surface area contributed by atoms with Crippen LogP contribution in [-0.4, -0.2) is 0 Å². The third-order valence-electron chi connectivity index (χ3n) is 3.94. The first kappa shape index (κ1) is 9.06. The Bertz CT molecular complexity index is 630. The van der Waals surface area contributed by atoms with Crippen LogP contribution in [0.2, 0.25) is 0 Å². The Hall–Kier alpha value is -2.02. The van der Waals surface area contributed by atoms with Gasteiger partial charge >= 0.3 is 0 Å². The molecule has 0 fully saturated rings. The van der Waals surface area contributed by atoms with Gasteiger partial charge in [-0.05, 0) is 28.7 Å². The van der Waals surface area contributed by atoms with E-state index < -0.39 is 0 Å². The lowest BCUT2D eigenvalue weighted by Gasteiger charge is -2.36. The summed E-state index contributed by atoms with van der Waals surface area (Å²) in [5.74, 6) is 0.423. The minimum Gasteiger partial charge on any atom is -0.398 e. The van der Waals surface area contributed by atoms with E-state index in [1.807, 2.05) is 0 Å². The lowest BCUT2D eigenvalue weighted by atomic mass is 9.68. The summed E-state index contributed by atoms with van der Waals surface area (Å²) in [7, 11) is 0. The fraction of sp³-hybridized carbons (Fsp3) is 0.125. The van der Waals surface area contributed by atoms with E-state index in [9.17, 15) is 0 Å². The molecule has 0 bridgehead atoms. The molecule has 1 heteroatoms. The van der Waals surface area contributed by atoms with E-state index in [4.69, 9.17) is 5.73 Å². The van der Waals surface area contributed by atoms with Crippen molar-refractivity contribution in [2.24, 2.45) is 11.7 Å². The van der Waals surface area contributed by atoms with Gasteiger partial charge in [0, 0.05) is 17.2 Å². The van der Waals surface area contributed by atoms with Crippen LogP contribution in [0, 0.1) is 5.92 Å². The summed E-state index contributed by atoms with van der Waals surface area (Å²) in [6.07, 6.45) is 18.5. The molecule has 0 aliphatic heterocycles. The smallest absolute Gasteiger partial charge is 0.0353 e. The molecule has 1 nitrogen and oxygen atoms in total. The Morgan fingerprint density at radius 1 is 1.00 bits per heavy atom. The fourth-order valence-corrected chi connectivity index (χ4v) is 3.12. The van der Waals surface area contributed by atoms with Crippen molar-refractivity contribution in [2.45, 2.75) is 6.42 Å². The Labute approximate surface area is 101 Å². The number of rotatable bonds is 0. The summed E-state index contributed by atoms with van der Waals surface area (Å²) in [4.78, 5) is 0. The van der Waals surface area contributed by atoms with Gasteiger partial charge in [0.15, 0.2) is 0 Å². The Morgan fingerprint density at radius 3 is 2.82 bits per heavy atom. The third kappa shape index (κ3) is 1.09. The van der Waals surface area contributed by atoms with E-state index in [2.05, 4.69) is 48.6 Å². The quantitative estimate of drug-likeness (QED) is 0.665. The zero-order valence-electron chi connectivity index (χ0n) is 9.48. The van der Waals surface area contributed by atoms with E-state index in [0.29, 0.717) is 5.92 Å². The third-order valence-corrected chi connectivity index (χ3v) is 3.94. The zero-order valence-corrected chi connectivity index (χ0v) is 9.48. The second kappa shape index (κ2) is 3.01. The van der Waals surface area contributed by atoms with Crippen LogP contribution in [0.15, 0.2) is 82.2 Å². The lowest BCUT2D eigenvalue weighted by Crippen LogP contribution is -2.23. The van der Waals surface area contributed by atoms with Crippen molar-refractivity contribution in [3.63, 3.8) is 0 Å². The van der Waals surface area contributed by atoms with Crippen molar-refractivity contribution in [3.8, 4) is 0 Å². The molecule has 17 heavy (non-hydrogen) atoms. The lowest BCUT2D eigenvalue weighted by molar-refractivity contribution is 0.823. The second-order valence-electron chi connectivity index (χ2n) is 4.84. The van der Waals surface area contributed by atoms with Gasteiger partial charge in [-0.2, -0.15) is 0 Å². The first-order valence-electron chi connectivity index (χ1n) is 6.02. The molecular weight excluding hydrogens is 206 g/mol. The van der Waals surface area contributed by atoms with E-state index in [1.54, 1.807) is 0 Å². The minimum absolute atomic E-state index is 0.423. The van der Waals surface area contributed by atoms with Crippen LogP contribution in [0.1, 0.15) is 6.42 Å². The van der Waals surface area contributed by atoms with Crippen molar-refractivity contribution in [2.75, 3.05) is 0 Å². The fourth-order valence-electron chi connectivity index (χ4n) is 3.12. The summed E-state index contributed by atoms with van der Waals surface area (Å²) in [5, 5.41) is 0. The van der Waals surface area contributed by atoms with E-state index in [1.165, 1.54) is 27.9 Å². The van der Waals surface area contributed by atoms with Gasteiger partial charge in [-0.25, -0.2) is 0 Å². The summed E-state index contributed by atoms with van der Waals surface area (Å²) in [6.45, 7) is 0. The molecule has 0 aromatic rings. The molecule has 0 saturated heterocycles. The van der Waals surface area contributed by atoms with Crippen LogP contribution in [0.25, 0.3) is 0 Å². The van der Waals surface area contributed by atoms with Crippen LogP contribution in [-0.2, 0) is 0 Å². The predicted octanol–water partition coefficient (Wildman–Crippen LogP) is 3.08. The van der Waals surface area contributed by atoms with Gasteiger partial charge in [0.2, 0.25) is 0 Å². The Morgan fingerprint density at radius 2 is 1.88 bits per heavy atom. The van der Waals surface area contributed by atoms with E-state index >= 15 is 0 Å². The predicted molar refractivity (Wildman–Crippen MR) is 69.9 cm³/mol. The molecule has 0 aromatic carbocycles. The molecule has 82 valence electrons. The standard InChI is InChI=1S/C16H13N/c17-14-9-7-12-5-4-10-2-1-3-11-6-8-13(14)16(12)15(10)11/h1-6,8-9,15H,7,17H2. The Balaban J connectivity index is 2.04. The van der Waals surface area contributed by atoms with Crippen LogP contribution < -0.4 is 5.73 Å². The molecular formula is C16H13N. The van der Waals surface area contributed by atoms with Crippen LogP contribution >= 0.6 is 0 Å². The number of allylic oxidation sites excluding steroid dienone is 12. The largest absolute Gasteiger partial charge is 0.398 e. The average molecular weight is 219 g/mol.